The van der Waals surface area contributed by atoms with Crippen LogP contribution in [0.15, 0.2) is 30.3 Å². The third-order valence-corrected chi connectivity index (χ3v) is 3.90. The minimum absolute atomic E-state index is 0.0817. The smallest absolute Gasteiger partial charge is 0.407 e. The van der Waals surface area contributed by atoms with E-state index in [0.717, 1.165) is 5.56 Å². The molecule has 1 atom stereocenters. The lowest BCUT2D eigenvalue weighted by Crippen LogP contribution is -2.47. The van der Waals surface area contributed by atoms with Crippen molar-refractivity contribution >= 4 is 23.9 Å². The highest BCUT2D eigenvalue weighted by Crippen LogP contribution is 2.17. The van der Waals surface area contributed by atoms with Crippen molar-refractivity contribution in [2.75, 3.05) is 19.6 Å². The van der Waals surface area contributed by atoms with E-state index < -0.39 is 29.9 Å². The van der Waals surface area contributed by atoms with Gasteiger partial charge < -0.3 is 25.4 Å². The molecule has 9 heteroatoms. The molecular formula is C17H21N3O6. The van der Waals surface area contributed by atoms with E-state index in [9.17, 15) is 19.2 Å². The highest BCUT2D eigenvalue weighted by molar-refractivity contribution is 5.89. The van der Waals surface area contributed by atoms with Gasteiger partial charge in [-0.2, -0.15) is 0 Å². The van der Waals surface area contributed by atoms with Gasteiger partial charge in [-0.25, -0.2) is 9.59 Å². The molecule has 1 aliphatic rings. The van der Waals surface area contributed by atoms with Gasteiger partial charge in [0, 0.05) is 6.54 Å². The minimum atomic E-state index is -1.05. The summed E-state index contributed by atoms with van der Waals surface area (Å²) in [5, 5.41) is 13.7. The standard InChI is InChI=1S/C17H21N3O6/c21-14(9-19-17(25)26-11-12-5-2-1-3-6-12)18-10-15(22)20-8-4-7-13(20)16(23)24/h1-3,5-6,13H,4,7-11H2,(H,18,21)(H,19,25)(H,23,24)/t13-/m1/s1. The Balaban J connectivity index is 1.64. The molecule has 1 aliphatic heterocycles. The number of hydrogen-bond acceptors (Lipinski definition) is 5. The van der Waals surface area contributed by atoms with E-state index in [4.69, 9.17) is 9.84 Å². The zero-order valence-corrected chi connectivity index (χ0v) is 14.1. The summed E-state index contributed by atoms with van der Waals surface area (Å²) in [5.41, 5.74) is 0.816. The van der Waals surface area contributed by atoms with E-state index >= 15 is 0 Å². The van der Waals surface area contributed by atoms with Crippen LogP contribution >= 0.6 is 0 Å². The summed E-state index contributed by atoms with van der Waals surface area (Å²) in [4.78, 5) is 47.5. The second-order valence-electron chi connectivity index (χ2n) is 5.78. The van der Waals surface area contributed by atoms with Gasteiger partial charge >= 0.3 is 12.1 Å². The minimum Gasteiger partial charge on any atom is -0.480 e. The molecule has 0 radical (unpaired) electrons. The number of benzene rings is 1. The normalized spacial score (nSPS) is 16.0. The zero-order valence-electron chi connectivity index (χ0n) is 14.1. The number of carbonyl (C=O) groups excluding carboxylic acids is 3. The summed E-state index contributed by atoms with van der Waals surface area (Å²) in [6.45, 7) is -0.222. The van der Waals surface area contributed by atoms with Crippen molar-refractivity contribution in [3.8, 4) is 0 Å². The summed E-state index contributed by atoms with van der Waals surface area (Å²) >= 11 is 0. The Morgan fingerprint density at radius 3 is 2.54 bits per heavy atom. The fourth-order valence-corrected chi connectivity index (χ4v) is 2.59. The van der Waals surface area contributed by atoms with Crippen LogP contribution in [0.1, 0.15) is 18.4 Å². The van der Waals surface area contributed by atoms with E-state index in [2.05, 4.69) is 10.6 Å². The Bertz CT molecular complexity index is 664. The lowest BCUT2D eigenvalue weighted by molar-refractivity contribution is -0.148. The van der Waals surface area contributed by atoms with Gasteiger partial charge in [-0.1, -0.05) is 30.3 Å². The molecule has 1 heterocycles. The first-order chi connectivity index (χ1) is 12.5. The maximum Gasteiger partial charge on any atom is 0.407 e. The number of amides is 3. The fourth-order valence-electron chi connectivity index (χ4n) is 2.59. The molecule has 0 aliphatic carbocycles. The number of alkyl carbamates (subject to hydrolysis) is 1. The molecule has 0 spiro atoms. The highest BCUT2D eigenvalue weighted by Gasteiger charge is 2.33. The van der Waals surface area contributed by atoms with Gasteiger partial charge in [-0.15, -0.1) is 0 Å². The van der Waals surface area contributed by atoms with Crippen molar-refractivity contribution < 1.29 is 29.0 Å². The van der Waals surface area contributed by atoms with Crippen molar-refractivity contribution in [1.29, 1.82) is 0 Å². The SMILES string of the molecule is O=C(CNC(=O)OCc1ccccc1)NCC(=O)N1CCC[C@@H]1C(=O)O. The topological polar surface area (TPSA) is 125 Å². The van der Waals surface area contributed by atoms with E-state index in [-0.39, 0.29) is 19.7 Å². The lowest BCUT2D eigenvalue weighted by atomic mass is 10.2. The number of aliphatic carboxylic acids is 1. The first-order valence-electron chi connectivity index (χ1n) is 8.21. The third-order valence-electron chi connectivity index (χ3n) is 3.90. The number of nitrogens with one attached hydrogen (secondary N) is 2. The fraction of sp³-hybridized carbons (Fsp3) is 0.412. The van der Waals surface area contributed by atoms with Gasteiger partial charge in [0.05, 0.1) is 6.54 Å². The molecule has 0 aromatic heterocycles. The van der Waals surface area contributed by atoms with Crippen LogP contribution in [0.2, 0.25) is 0 Å². The summed E-state index contributed by atoms with van der Waals surface area (Å²) in [6.07, 6.45) is 0.274. The molecule has 2 rings (SSSR count). The van der Waals surface area contributed by atoms with Gasteiger partial charge in [0.1, 0.15) is 19.2 Å². The molecule has 1 aromatic rings. The van der Waals surface area contributed by atoms with Crippen LogP contribution in [0.4, 0.5) is 4.79 Å². The van der Waals surface area contributed by atoms with E-state index in [1.165, 1.54) is 4.90 Å². The van der Waals surface area contributed by atoms with E-state index in [1.54, 1.807) is 12.1 Å². The Hall–Kier alpha value is -3.10. The summed E-state index contributed by atoms with van der Waals surface area (Å²) < 4.78 is 4.96. The summed E-state index contributed by atoms with van der Waals surface area (Å²) in [6, 6.07) is 8.23. The van der Waals surface area contributed by atoms with Crippen LogP contribution in [-0.2, 0) is 25.7 Å². The Morgan fingerprint density at radius 1 is 1.12 bits per heavy atom. The molecule has 3 N–H and O–H groups in total. The molecule has 0 bridgehead atoms. The Labute approximate surface area is 150 Å². The highest BCUT2D eigenvalue weighted by atomic mass is 16.5. The van der Waals surface area contributed by atoms with Crippen molar-refractivity contribution in [1.82, 2.24) is 15.5 Å². The van der Waals surface area contributed by atoms with Crippen molar-refractivity contribution in [2.24, 2.45) is 0 Å². The first-order valence-corrected chi connectivity index (χ1v) is 8.21. The number of carboxylic acids is 1. The van der Waals surface area contributed by atoms with Gasteiger partial charge in [-0.05, 0) is 18.4 Å². The maximum atomic E-state index is 12.0. The molecule has 1 saturated heterocycles. The van der Waals surface area contributed by atoms with Crippen LogP contribution in [0.5, 0.6) is 0 Å². The number of nitrogens with zero attached hydrogens (tertiary/aromatic N) is 1. The van der Waals surface area contributed by atoms with Gasteiger partial charge in [0.2, 0.25) is 11.8 Å². The largest absolute Gasteiger partial charge is 0.480 e. The quantitative estimate of drug-likeness (QED) is 0.631. The van der Waals surface area contributed by atoms with Crippen molar-refractivity contribution in [3.05, 3.63) is 35.9 Å². The predicted octanol–water partition coefficient (Wildman–Crippen LogP) is 0.105. The molecule has 0 unspecified atom stereocenters. The van der Waals surface area contributed by atoms with Gasteiger partial charge in [0.15, 0.2) is 0 Å². The second-order valence-corrected chi connectivity index (χ2v) is 5.78. The van der Waals surface area contributed by atoms with E-state index in [1.807, 2.05) is 18.2 Å². The monoisotopic (exact) mass is 363 g/mol. The number of hydrogen-bond donors (Lipinski definition) is 3. The Kier molecular flexibility index (Phi) is 6.95. The average molecular weight is 363 g/mol. The number of carboxylic acid groups (broad SMARTS) is 1. The van der Waals surface area contributed by atoms with Crippen LogP contribution < -0.4 is 10.6 Å². The zero-order chi connectivity index (χ0) is 18.9. The van der Waals surface area contributed by atoms with Crippen LogP contribution in [-0.4, -0.2) is 59.6 Å². The van der Waals surface area contributed by atoms with E-state index in [0.29, 0.717) is 19.4 Å². The number of likely N-dealkylation sites (tertiary alicyclic amines) is 1. The number of carbonyl (C=O) groups is 4. The maximum absolute atomic E-state index is 12.0. The van der Waals surface area contributed by atoms with Gasteiger partial charge in [0.25, 0.3) is 0 Å². The summed E-state index contributed by atoms with van der Waals surface area (Å²) in [7, 11) is 0. The van der Waals surface area contributed by atoms with Crippen LogP contribution in [0.25, 0.3) is 0 Å². The first kappa shape index (κ1) is 19.2. The molecule has 1 aromatic carbocycles. The Morgan fingerprint density at radius 2 is 1.85 bits per heavy atom. The predicted molar refractivity (Wildman–Crippen MR) is 90.0 cm³/mol. The number of rotatable bonds is 7. The third kappa shape index (κ3) is 5.76. The lowest BCUT2D eigenvalue weighted by Gasteiger charge is -2.21. The van der Waals surface area contributed by atoms with Crippen LogP contribution in [0, 0.1) is 0 Å². The molecule has 140 valence electrons. The summed E-state index contributed by atoms with van der Waals surface area (Å²) in [5.74, 6) is -2.08. The van der Waals surface area contributed by atoms with Gasteiger partial charge in [-0.3, -0.25) is 9.59 Å². The molecule has 0 saturated carbocycles. The molecule has 1 fully saturated rings. The second kappa shape index (κ2) is 9.40. The van der Waals surface area contributed by atoms with Crippen LogP contribution in [0.3, 0.4) is 0 Å². The average Bonchev–Trinajstić information content (AvgIpc) is 3.14. The molecule has 9 nitrogen and oxygen atoms in total. The van der Waals surface area contributed by atoms with Crippen molar-refractivity contribution in [2.45, 2.75) is 25.5 Å². The molecule has 3 amide bonds. The molecule has 26 heavy (non-hydrogen) atoms. The van der Waals surface area contributed by atoms with Crippen molar-refractivity contribution in [3.63, 3.8) is 0 Å². The number of ether oxygens (including phenoxy) is 1. The molecular weight excluding hydrogens is 342 g/mol.